The zero-order valence-electron chi connectivity index (χ0n) is 14.8. The van der Waals surface area contributed by atoms with Gasteiger partial charge in [-0.2, -0.15) is 0 Å². The van der Waals surface area contributed by atoms with Gasteiger partial charge in [0, 0.05) is 10.0 Å². The predicted octanol–water partition coefficient (Wildman–Crippen LogP) is 3.10. The summed E-state index contributed by atoms with van der Waals surface area (Å²) in [6.07, 6.45) is 1.07. The smallest absolute Gasteiger partial charge is 0.241 e. The summed E-state index contributed by atoms with van der Waals surface area (Å²) < 4.78 is 31.4. The van der Waals surface area contributed by atoms with E-state index in [0.29, 0.717) is 11.4 Å². The van der Waals surface area contributed by atoms with Gasteiger partial charge in [0.15, 0.2) is 0 Å². The number of amides is 1. The minimum Gasteiger partial charge on any atom is -0.496 e. The zero-order chi connectivity index (χ0) is 19.3. The number of benzene rings is 2. The van der Waals surface area contributed by atoms with Crippen LogP contribution in [0.3, 0.4) is 0 Å². The van der Waals surface area contributed by atoms with E-state index in [4.69, 9.17) is 4.74 Å². The molecule has 0 saturated carbocycles. The Morgan fingerprint density at radius 3 is 2.54 bits per heavy atom. The van der Waals surface area contributed by atoms with Crippen LogP contribution < -0.4 is 14.4 Å². The Balaban J connectivity index is 2.17. The van der Waals surface area contributed by atoms with Crippen molar-refractivity contribution in [3.05, 3.63) is 58.6 Å². The first kappa shape index (κ1) is 20.3. The maximum absolute atomic E-state index is 12.5. The van der Waals surface area contributed by atoms with Gasteiger partial charge >= 0.3 is 0 Å². The van der Waals surface area contributed by atoms with Crippen molar-refractivity contribution in [2.24, 2.45) is 0 Å². The van der Waals surface area contributed by atoms with Gasteiger partial charge in [-0.05, 0) is 31.2 Å². The first-order valence-electron chi connectivity index (χ1n) is 7.88. The number of rotatable bonds is 7. The molecule has 140 valence electrons. The Labute approximate surface area is 162 Å². The van der Waals surface area contributed by atoms with Gasteiger partial charge in [0.25, 0.3) is 0 Å². The van der Waals surface area contributed by atoms with Gasteiger partial charge in [0.05, 0.1) is 25.1 Å². The summed E-state index contributed by atoms with van der Waals surface area (Å²) in [5.74, 6) is 0.251. The standard InChI is InChI=1S/C18H21BrN2O4S/c1-13(16-9-4-5-10-17(16)25-2)20-18(22)12-21(26(3,23)24)15-8-6-7-14(19)11-15/h4-11,13H,12H2,1-3H3,(H,20,22). The quantitative estimate of drug-likeness (QED) is 0.717. The van der Waals surface area contributed by atoms with Crippen LogP contribution in [-0.2, 0) is 14.8 Å². The monoisotopic (exact) mass is 440 g/mol. The van der Waals surface area contributed by atoms with Gasteiger partial charge in [-0.15, -0.1) is 0 Å². The van der Waals surface area contributed by atoms with Crippen LogP contribution in [0.25, 0.3) is 0 Å². The van der Waals surface area contributed by atoms with Crippen LogP contribution in [0, 0.1) is 0 Å². The normalized spacial score (nSPS) is 12.3. The molecule has 6 nitrogen and oxygen atoms in total. The third-order valence-corrected chi connectivity index (χ3v) is 5.40. The molecule has 0 radical (unpaired) electrons. The molecule has 0 aromatic heterocycles. The number of methoxy groups -OCH3 is 1. The summed E-state index contributed by atoms with van der Waals surface area (Å²) in [4.78, 5) is 12.5. The number of nitrogens with one attached hydrogen (secondary N) is 1. The van der Waals surface area contributed by atoms with Crippen molar-refractivity contribution in [1.29, 1.82) is 0 Å². The van der Waals surface area contributed by atoms with Gasteiger partial charge in [-0.1, -0.05) is 40.2 Å². The fourth-order valence-corrected chi connectivity index (χ4v) is 3.79. The number of carbonyl (C=O) groups excluding carboxylic acids is 1. The molecule has 1 N–H and O–H groups in total. The van der Waals surface area contributed by atoms with E-state index in [9.17, 15) is 13.2 Å². The van der Waals surface area contributed by atoms with Gasteiger partial charge in [0.2, 0.25) is 15.9 Å². The highest BCUT2D eigenvalue weighted by molar-refractivity contribution is 9.10. The SMILES string of the molecule is COc1ccccc1C(C)NC(=O)CN(c1cccc(Br)c1)S(C)(=O)=O. The third kappa shape index (κ3) is 5.22. The summed E-state index contributed by atoms with van der Waals surface area (Å²) in [6, 6.07) is 13.8. The molecule has 0 aliphatic heterocycles. The highest BCUT2D eigenvalue weighted by Gasteiger charge is 2.22. The van der Waals surface area contributed by atoms with Crippen molar-refractivity contribution in [3.63, 3.8) is 0 Å². The summed E-state index contributed by atoms with van der Waals surface area (Å²) >= 11 is 3.31. The van der Waals surface area contributed by atoms with Crippen LogP contribution >= 0.6 is 15.9 Å². The Kier molecular flexibility index (Phi) is 6.66. The molecule has 2 aromatic rings. The third-order valence-electron chi connectivity index (χ3n) is 3.77. The lowest BCUT2D eigenvalue weighted by Gasteiger charge is -2.24. The Morgan fingerprint density at radius 1 is 1.23 bits per heavy atom. The summed E-state index contributed by atoms with van der Waals surface area (Å²) in [6.45, 7) is 1.51. The summed E-state index contributed by atoms with van der Waals surface area (Å²) in [5, 5.41) is 2.82. The van der Waals surface area contributed by atoms with Crippen LogP contribution in [0.2, 0.25) is 0 Å². The van der Waals surface area contributed by atoms with E-state index in [1.54, 1.807) is 31.4 Å². The van der Waals surface area contributed by atoms with Gasteiger partial charge in [0.1, 0.15) is 12.3 Å². The predicted molar refractivity (Wildman–Crippen MR) is 106 cm³/mol. The van der Waals surface area contributed by atoms with E-state index in [-0.39, 0.29) is 12.6 Å². The van der Waals surface area contributed by atoms with Crippen LogP contribution in [0.5, 0.6) is 5.75 Å². The number of hydrogen-bond acceptors (Lipinski definition) is 4. The highest BCUT2D eigenvalue weighted by atomic mass is 79.9. The molecule has 8 heteroatoms. The van der Waals surface area contributed by atoms with Crippen LogP contribution in [0.4, 0.5) is 5.69 Å². The lowest BCUT2D eigenvalue weighted by Crippen LogP contribution is -2.41. The average Bonchev–Trinajstić information content (AvgIpc) is 2.58. The Hall–Kier alpha value is -2.06. The van der Waals surface area contributed by atoms with E-state index in [1.165, 1.54) is 0 Å². The van der Waals surface area contributed by atoms with Crippen LogP contribution in [0.15, 0.2) is 53.0 Å². The lowest BCUT2D eigenvalue weighted by atomic mass is 10.1. The Bertz CT molecular complexity index is 886. The first-order valence-corrected chi connectivity index (χ1v) is 10.5. The minimum atomic E-state index is -3.62. The molecule has 1 atom stereocenters. The molecule has 0 heterocycles. The summed E-state index contributed by atoms with van der Waals surface area (Å²) in [7, 11) is -2.05. The molecule has 0 aliphatic carbocycles. The van der Waals surface area contributed by atoms with Crippen molar-refractivity contribution in [2.45, 2.75) is 13.0 Å². The molecule has 26 heavy (non-hydrogen) atoms. The molecule has 0 saturated heterocycles. The van der Waals surface area contributed by atoms with Gasteiger partial charge < -0.3 is 10.1 Å². The van der Waals surface area contributed by atoms with E-state index in [2.05, 4.69) is 21.2 Å². The van der Waals surface area contributed by atoms with Crippen molar-refractivity contribution in [1.82, 2.24) is 5.32 Å². The number of nitrogens with zero attached hydrogens (tertiary/aromatic N) is 1. The fraction of sp³-hybridized carbons (Fsp3) is 0.278. The molecular weight excluding hydrogens is 420 g/mol. The number of anilines is 1. The van der Waals surface area contributed by atoms with E-state index >= 15 is 0 Å². The number of halogens is 1. The molecule has 0 fully saturated rings. The van der Waals surface area contributed by atoms with Gasteiger partial charge in [-0.3, -0.25) is 9.10 Å². The Morgan fingerprint density at radius 2 is 1.92 bits per heavy atom. The van der Waals surface area contributed by atoms with Crippen molar-refractivity contribution in [2.75, 3.05) is 24.2 Å². The topological polar surface area (TPSA) is 75.7 Å². The maximum Gasteiger partial charge on any atom is 0.241 e. The molecule has 0 spiro atoms. The molecule has 1 amide bonds. The molecule has 2 aromatic carbocycles. The van der Waals surface area contributed by atoms with Crippen molar-refractivity contribution in [3.8, 4) is 5.75 Å². The van der Waals surface area contributed by atoms with Gasteiger partial charge in [-0.25, -0.2) is 8.42 Å². The number of para-hydroxylation sites is 1. The lowest BCUT2D eigenvalue weighted by molar-refractivity contribution is -0.120. The van der Waals surface area contributed by atoms with Crippen molar-refractivity contribution < 1.29 is 17.9 Å². The number of carbonyl (C=O) groups is 1. The van der Waals surface area contributed by atoms with Crippen LogP contribution in [0.1, 0.15) is 18.5 Å². The molecular formula is C18H21BrN2O4S. The molecule has 0 bridgehead atoms. The fourth-order valence-electron chi connectivity index (χ4n) is 2.55. The molecule has 1 unspecified atom stereocenters. The second-order valence-corrected chi connectivity index (χ2v) is 8.60. The van der Waals surface area contributed by atoms with E-state index in [1.807, 2.05) is 31.2 Å². The number of hydrogen-bond donors (Lipinski definition) is 1. The maximum atomic E-state index is 12.5. The minimum absolute atomic E-state index is 0.311. The number of sulfonamides is 1. The number of ether oxygens (including phenoxy) is 1. The summed E-state index contributed by atoms with van der Waals surface area (Å²) in [5.41, 5.74) is 1.23. The van der Waals surface area contributed by atoms with E-state index in [0.717, 1.165) is 20.6 Å². The second-order valence-electron chi connectivity index (χ2n) is 5.78. The van der Waals surface area contributed by atoms with Crippen LogP contribution in [-0.4, -0.2) is 34.2 Å². The average molecular weight is 441 g/mol. The first-order chi connectivity index (χ1) is 12.2. The molecule has 0 aliphatic rings. The molecule has 2 rings (SSSR count). The zero-order valence-corrected chi connectivity index (χ0v) is 17.2. The highest BCUT2D eigenvalue weighted by Crippen LogP contribution is 2.25. The largest absolute Gasteiger partial charge is 0.496 e. The second kappa shape index (κ2) is 8.55. The van der Waals surface area contributed by atoms with Crippen molar-refractivity contribution >= 4 is 37.5 Å². The van der Waals surface area contributed by atoms with E-state index < -0.39 is 15.9 Å².